The summed E-state index contributed by atoms with van der Waals surface area (Å²) in [6.45, 7) is 5.79. The molecule has 3 rings (SSSR count). The van der Waals surface area contributed by atoms with E-state index in [2.05, 4.69) is 25.2 Å². The van der Waals surface area contributed by atoms with Crippen LogP contribution < -0.4 is 15.4 Å². The number of likely N-dealkylation sites (tertiary alicyclic amines) is 1. The van der Waals surface area contributed by atoms with E-state index in [9.17, 15) is 17.6 Å². The molecule has 1 fully saturated rings. The van der Waals surface area contributed by atoms with Crippen LogP contribution in [0.2, 0.25) is 0 Å². The van der Waals surface area contributed by atoms with Crippen molar-refractivity contribution in [3.8, 4) is 0 Å². The fourth-order valence-electron chi connectivity index (χ4n) is 3.73. The number of hydrogen-bond donors (Lipinski definition) is 3. The molecule has 0 saturated carbocycles. The Labute approximate surface area is 188 Å². The Morgan fingerprint density at radius 1 is 1.12 bits per heavy atom. The van der Waals surface area contributed by atoms with Crippen molar-refractivity contribution >= 4 is 21.7 Å². The van der Waals surface area contributed by atoms with Crippen LogP contribution in [0.15, 0.2) is 41.3 Å². The molecular weight excluding hydrogens is 433 g/mol. The summed E-state index contributed by atoms with van der Waals surface area (Å²) in [4.78, 5) is 18.7. The van der Waals surface area contributed by atoms with Crippen molar-refractivity contribution in [2.45, 2.75) is 44.3 Å². The summed E-state index contributed by atoms with van der Waals surface area (Å²) in [7, 11) is -3.63. The van der Waals surface area contributed by atoms with Crippen molar-refractivity contribution in [3.63, 3.8) is 0 Å². The summed E-state index contributed by atoms with van der Waals surface area (Å²) in [6, 6.07) is 9.04. The number of carbonyl (C=O) groups excluding carboxylic acids is 1. The summed E-state index contributed by atoms with van der Waals surface area (Å²) in [6.07, 6.45) is 1.37. The molecule has 1 aliphatic heterocycles. The summed E-state index contributed by atoms with van der Waals surface area (Å²) < 4.78 is 40.5. The number of pyridine rings is 1. The van der Waals surface area contributed by atoms with Gasteiger partial charge >= 0.3 is 6.03 Å². The van der Waals surface area contributed by atoms with E-state index in [4.69, 9.17) is 0 Å². The van der Waals surface area contributed by atoms with Crippen molar-refractivity contribution < 1.29 is 17.6 Å². The van der Waals surface area contributed by atoms with Crippen LogP contribution in [0.5, 0.6) is 0 Å². The minimum Gasteiger partial charge on any atom is -0.337 e. The molecule has 1 aliphatic rings. The number of urea groups is 1. The minimum absolute atomic E-state index is 0.145. The summed E-state index contributed by atoms with van der Waals surface area (Å²) in [5.74, 6) is 0. The van der Waals surface area contributed by atoms with Gasteiger partial charge in [-0.3, -0.25) is 4.98 Å². The van der Waals surface area contributed by atoms with Crippen LogP contribution >= 0.6 is 0 Å². The molecule has 32 heavy (non-hydrogen) atoms. The molecule has 8 nitrogen and oxygen atoms in total. The Morgan fingerprint density at radius 2 is 1.75 bits per heavy atom. The summed E-state index contributed by atoms with van der Waals surface area (Å²) in [5.41, 5.74) is 2.84. The van der Waals surface area contributed by atoms with E-state index in [1.807, 2.05) is 26.0 Å². The van der Waals surface area contributed by atoms with Crippen molar-refractivity contribution in [2.24, 2.45) is 0 Å². The Morgan fingerprint density at radius 3 is 2.34 bits per heavy atom. The SMILES string of the molecule is Cc1cc(NC(=O)NCCN2CCC(NS(=O)(=O)c3ccc(CF)cc3)CC2)cc(C)n1. The molecular formula is C22H30FN5O3S. The third-order valence-corrected chi connectivity index (χ3v) is 6.89. The number of piperidine rings is 1. The quantitative estimate of drug-likeness (QED) is 0.559. The first-order valence-corrected chi connectivity index (χ1v) is 12.1. The Balaban J connectivity index is 1.38. The van der Waals surface area contributed by atoms with Gasteiger partial charge in [-0.15, -0.1) is 0 Å². The van der Waals surface area contributed by atoms with Crippen LogP contribution in [0.4, 0.5) is 14.9 Å². The number of halogens is 1. The highest BCUT2D eigenvalue weighted by molar-refractivity contribution is 7.89. The molecule has 10 heteroatoms. The number of benzene rings is 1. The van der Waals surface area contributed by atoms with Crippen LogP contribution in [0.25, 0.3) is 0 Å². The first-order valence-electron chi connectivity index (χ1n) is 10.6. The number of anilines is 1. The first-order chi connectivity index (χ1) is 15.2. The zero-order valence-corrected chi connectivity index (χ0v) is 19.2. The van der Waals surface area contributed by atoms with Gasteiger partial charge in [-0.05, 0) is 69.6 Å². The van der Waals surface area contributed by atoms with E-state index in [-0.39, 0.29) is 17.0 Å². The average Bonchev–Trinajstić information content (AvgIpc) is 2.74. The molecule has 0 radical (unpaired) electrons. The summed E-state index contributed by atoms with van der Waals surface area (Å²) in [5, 5.41) is 5.66. The third kappa shape index (κ3) is 6.98. The Kier molecular flexibility index (Phi) is 8.16. The molecule has 0 unspecified atom stereocenters. The van der Waals surface area contributed by atoms with Gasteiger partial charge in [0.15, 0.2) is 0 Å². The number of sulfonamides is 1. The molecule has 3 N–H and O–H groups in total. The van der Waals surface area contributed by atoms with Crippen LogP contribution in [0, 0.1) is 13.8 Å². The third-order valence-electron chi connectivity index (χ3n) is 5.35. The highest BCUT2D eigenvalue weighted by atomic mass is 32.2. The number of nitrogens with zero attached hydrogens (tertiary/aromatic N) is 2. The molecule has 0 spiro atoms. The highest BCUT2D eigenvalue weighted by Crippen LogP contribution is 2.16. The van der Waals surface area contributed by atoms with Crippen molar-refractivity contribution in [1.29, 1.82) is 0 Å². The molecule has 0 atom stereocenters. The fraction of sp³-hybridized carbons (Fsp3) is 0.455. The van der Waals surface area contributed by atoms with Crippen LogP contribution in [-0.2, 0) is 16.7 Å². The number of aromatic nitrogens is 1. The molecule has 2 amide bonds. The predicted octanol–water partition coefficient (Wildman–Crippen LogP) is 2.73. The minimum atomic E-state index is -3.63. The maximum Gasteiger partial charge on any atom is 0.319 e. The maximum atomic E-state index is 12.6. The average molecular weight is 464 g/mol. The van der Waals surface area contributed by atoms with Crippen molar-refractivity contribution in [3.05, 3.63) is 53.3 Å². The zero-order valence-electron chi connectivity index (χ0n) is 18.4. The Hall–Kier alpha value is -2.56. The van der Waals surface area contributed by atoms with Crippen LogP contribution in [0.3, 0.4) is 0 Å². The van der Waals surface area contributed by atoms with Crippen molar-refractivity contribution in [2.75, 3.05) is 31.5 Å². The topological polar surface area (TPSA) is 103 Å². The monoisotopic (exact) mass is 463 g/mol. The van der Waals surface area contributed by atoms with E-state index in [1.54, 1.807) is 0 Å². The molecule has 1 aromatic heterocycles. The molecule has 1 aromatic carbocycles. The van der Waals surface area contributed by atoms with E-state index in [1.165, 1.54) is 24.3 Å². The lowest BCUT2D eigenvalue weighted by molar-refractivity contribution is 0.206. The molecule has 2 aromatic rings. The standard InChI is InChI=1S/C22H30FN5O3S/c1-16-13-20(14-17(2)25-16)26-22(29)24-9-12-28-10-7-19(8-11-28)27-32(30,31)21-5-3-18(15-23)4-6-21/h3-6,13-14,19,27H,7-12,15H2,1-2H3,(H2,24,25,26,29). The van der Waals surface area contributed by atoms with E-state index in [0.717, 1.165) is 24.5 Å². The Bertz CT molecular complexity index is 1000. The van der Waals surface area contributed by atoms with E-state index >= 15 is 0 Å². The van der Waals surface area contributed by atoms with Gasteiger partial charge < -0.3 is 15.5 Å². The van der Waals surface area contributed by atoms with E-state index < -0.39 is 16.7 Å². The second-order valence-corrected chi connectivity index (χ2v) is 9.75. The molecule has 174 valence electrons. The second-order valence-electron chi connectivity index (χ2n) is 8.03. The van der Waals surface area contributed by atoms with Gasteiger partial charge in [0.2, 0.25) is 10.0 Å². The van der Waals surface area contributed by atoms with Crippen LogP contribution in [0.1, 0.15) is 29.8 Å². The van der Waals surface area contributed by atoms with Gasteiger partial charge in [0.05, 0.1) is 4.90 Å². The lowest BCUT2D eigenvalue weighted by Crippen LogP contribution is -2.46. The van der Waals surface area contributed by atoms with Gasteiger partial charge in [-0.1, -0.05) is 12.1 Å². The van der Waals surface area contributed by atoms with Crippen LogP contribution in [-0.4, -0.2) is 56.6 Å². The van der Waals surface area contributed by atoms with Gasteiger partial charge in [-0.25, -0.2) is 22.3 Å². The first kappa shape index (κ1) is 24.1. The van der Waals surface area contributed by atoms with Crippen molar-refractivity contribution in [1.82, 2.24) is 19.9 Å². The van der Waals surface area contributed by atoms with Gasteiger partial charge in [0, 0.05) is 36.2 Å². The second kappa shape index (κ2) is 10.8. The van der Waals surface area contributed by atoms with Gasteiger partial charge in [0.1, 0.15) is 6.67 Å². The molecule has 0 aliphatic carbocycles. The zero-order chi connectivity index (χ0) is 23.1. The number of rotatable bonds is 8. The number of amides is 2. The van der Waals surface area contributed by atoms with E-state index in [0.29, 0.717) is 37.2 Å². The summed E-state index contributed by atoms with van der Waals surface area (Å²) >= 11 is 0. The molecule has 0 bridgehead atoms. The predicted molar refractivity (Wildman–Crippen MR) is 122 cm³/mol. The lowest BCUT2D eigenvalue weighted by Gasteiger charge is -2.32. The number of hydrogen-bond acceptors (Lipinski definition) is 5. The highest BCUT2D eigenvalue weighted by Gasteiger charge is 2.24. The smallest absolute Gasteiger partial charge is 0.319 e. The normalized spacial score (nSPS) is 15.5. The lowest BCUT2D eigenvalue weighted by atomic mass is 10.1. The molecule has 2 heterocycles. The number of alkyl halides is 1. The maximum absolute atomic E-state index is 12.6. The number of nitrogens with one attached hydrogen (secondary N) is 3. The molecule has 1 saturated heterocycles. The number of carbonyl (C=O) groups is 1. The fourth-order valence-corrected chi connectivity index (χ4v) is 5.03. The largest absolute Gasteiger partial charge is 0.337 e. The van der Waals surface area contributed by atoms with Gasteiger partial charge in [-0.2, -0.15) is 0 Å². The van der Waals surface area contributed by atoms with Gasteiger partial charge in [0.25, 0.3) is 0 Å². The number of aryl methyl sites for hydroxylation is 2.